The van der Waals surface area contributed by atoms with Crippen LogP contribution in [0.3, 0.4) is 0 Å². The largest absolute Gasteiger partial charge is 0.352 e. The minimum absolute atomic E-state index is 0.0606. The Morgan fingerprint density at radius 1 is 1.00 bits per heavy atom. The van der Waals surface area contributed by atoms with Gasteiger partial charge in [0.2, 0.25) is 11.8 Å². The number of amides is 2. The summed E-state index contributed by atoms with van der Waals surface area (Å²) in [6.07, 6.45) is 1.11. The summed E-state index contributed by atoms with van der Waals surface area (Å²) in [7, 11) is -1.16. The lowest BCUT2D eigenvalue weighted by Crippen LogP contribution is -2.54. The molecule has 8 nitrogen and oxygen atoms in total. The van der Waals surface area contributed by atoms with Crippen LogP contribution in [0.1, 0.15) is 50.3 Å². The Hall–Kier alpha value is -2.62. The van der Waals surface area contributed by atoms with Crippen LogP contribution in [0.4, 0.5) is 5.69 Å². The van der Waals surface area contributed by atoms with E-state index in [1.807, 2.05) is 39.8 Å². The molecule has 0 bridgehead atoms. The normalized spacial score (nSPS) is 13.2. The van der Waals surface area contributed by atoms with Crippen LogP contribution >= 0.6 is 11.6 Å². The molecule has 0 fully saturated rings. The number of nitrogens with zero attached hydrogens (tertiary/aromatic N) is 3. The van der Waals surface area contributed by atoms with Crippen LogP contribution < -0.4 is 9.62 Å². The summed E-state index contributed by atoms with van der Waals surface area (Å²) in [4.78, 5) is 28.6. The molecule has 2 amide bonds. The van der Waals surface area contributed by atoms with Crippen molar-refractivity contribution >= 4 is 39.3 Å². The molecule has 10 heteroatoms. The number of hydrogen-bond donors (Lipinski definition) is 1. The van der Waals surface area contributed by atoms with E-state index in [9.17, 15) is 18.0 Å². The molecule has 0 aliphatic carbocycles. The highest BCUT2D eigenvalue weighted by molar-refractivity contribution is 7.90. The Balaban J connectivity index is 2.55. The van der Waals surface area contributed by atoms with Crippen molar-refractivity contribution < 1.29 is 18.0 Å². The van der Waals surface area contributed by atoms with Crippen molar-refractivity contribution in [2.75, 3.05) is 24.9 Å². The van der Waals surface area contributed by atoms with Gasteiger partial charge in [0.25, 0.3) is 0 Å². The fraction of sp³-hybridized carbons (Fsp3) is 0.481. The number of anilines is 1. The van der Waals surface area contributed by atoms with Gasteiger partial charge in [0, 0.05) is 31.7 Å². The van der Waals surface area contributed by atoms with Crippen LogP contribution in [0.2, 0.25) is 5.02 Å². The average molecular weight is 551 g/mol. The zero-order valence-electron chi connectivity index (χ0n) is 22.8. The maximum Gasteiger partial charge on any atom is 0.304 e. The van der Waals surface area contributed by atoms with Crippen LogP contribution in [0.5, 0.6) is 0 Å². The van der Waals surface area contributed by atoms with Crippen molar-refractivity contribution in [3.05, 3.63) is 64.2 Å². The smallest absolute Gasteiger partial charge is 0.304 e. The van der Waals surface area contributed by atoms with Gasteiger partial charge in [-0.3, -0.25) is 9.59 Å². The Labute approximate surface area is 226 Å². The standard InChI is InChI=1S/C27H39ClN4O4S/c1-8-21(5)29-27(34)24(9-2)31(17-22-12-14-23(28)15-13-22)26(33)18-32(37(35,36)30(6)7)25-16-19(3)10-11-20(25)4/h10-16,21,24H,8-9,17-18H2,1-7H3,(H,29,34)/t21-,24+/m0/s1. The maximum absolute atomic E-state index is 13.9. The van der Waals surface area contributed by atoms with Crippen molar-refractivity contribution in [3.8, 4) is 0 Å². The van der Waals surface area contributed by atoms with E-state index >= 15 is 0 Å². The summed E-state index contributed by atoms with van der Waals surface area (Å²) < 4.78 is 29.0. The van der Waals surface area contributed by atoms with Crippen molar-refractivity contribution in [3.63, 3.8) is 0 Å². The van der Waals surface area contributed by atoms with E-state index < -0.39 is 28.7 Å². The van der Waals surface area contributed by atoms with E-state index in [2.05, 4.69) is 5.32 Å². The first-order chi connectivity index (χ1) is 17.3. The minimum Gasteiger partial charge on any atom is -0.352 e. The molecular weight excluding hydrogens is 512 g/mol. The van der Waals surface area contributed by atoms with Crippen LogP contribution in [-0.2, 0) is 26.3 Å². The fourth-order valence-corrected chi connectivity index (χ4v) is 5.08. The highest BCUT2D eigenvalue weighted by Crippen LogP contribution is 2.26. The molecule has 0 saturated heterocycles. The molecule has 2 rings (SSSR count). The number of hydrogen-bond acceptors (Lipinski definition) is 4. The van der Waals surface area contributed by atoms with Crippen molar-refractivity contribution in [1.29, 1.82) is 0 Å². The van der Waals surface area contributed by atoms with Crippen LogP contribution in [0.25, 0.3) is 0 Å². The molecule has 0 heterocycles. The molecule has 2 atom stereocenters. The molecule has 0 saturated carbocycles. The Morgan fingerprint density at radius 3 is 2.16 bits per heavy atom. The van der Waals surface area contributed by atoms with Gasteiger partial charge in [0.15, 0.2) is 0 Å². The first-order valence-corrected chi connectivity index (χ1v) is 14.2. The lowest BCUT2D eigenvalue weighted by molar-refractivity contribution is -0.140. The third kappa shape index (κ3) is 7.93. The Morgan fingerprint density at radius 2 is 1.62 bits per heavy atom. The predicted octanol–water partition coefficient (Wildman–Crippen LogP) is 4.29. The number of carbonyl (C=O) groups is 2. The van der Waals surface area contributed by atoms with E-state index in [1.54, 1.807) is 37.3 Å². The second-order valence-corrected chi connectivity index (χ2v) is 12.0. The second-order valence-electron chi connectivity index (χ2n) is 9.48. The molecule has 0 spiro atoms. The molecule has 2 aromatic carbocycles. The van der Waals surface area contributed by atoms with Crippen LogP contribution in [-0.4, -0.2) is 62.2 Å². The number of rotatable bonds is 12. The first-order valence-electron chi connectivity index (χ1n) is 12.4. The fourth-order valence-electron chi connectivity index (χ4n) is 3.84. The number of carbonyl (C=O) groups excluding carboxylic acids is 2. The van der Waals surface area contributed by atoms with Crippen LogP contribution in [0.15, 0.2) is 42.5 Å². The van der Waals surface area contributed by atoms with Gasteiger partial charge in [-0.1, -0.05) is 49.7 Å². The number of benzene rings is 2. The summed E-state index contributed by atoms with van der Waals surface area (Å²) in [6.45, 7) is 9.05. The second kappa shape index (κ2) is 13.3. The van der Waals surface area contributed by atoms with Crippen LogP contribution in [0, 0.1) is 13.8 Å². The molecule has 1 N–H and O–H groups in total. The topological polar surface area (TPSA) is 90.0 Å². The van der Waals surface area contributed by atoms with E-state index in [-0.39, 0.29) is 18.5 Å². The summed E-state index contributed by atoms with van der Waals surface area (Å²) in [5.41, 5.74) is 2.78. The molecule has 0 aliphatic rings. The van der Waals surface area contributed by atoms with Gasteiger partial charge in [0.1, 0.15) is 12.6 Å². The SMILES string of the molecule is CC[C@H](C(=O)N[C@@H](C)CC)N(Cc1ccc(Cl)cc1)C(=O)CN(c1cc(C)ccc1C)S(=O)(=O)N(C)C. The van der Waals surface area contributed by atoms with Crippen molar-refractivity contribution in [2.45, 2.75) is 66.1 Å². The number of halogens is 1. The molecular formula is C27H39ClN4O4S. The third-order valence-corrected chi connectivity index (χ3v) is 8.36. The molecule has 0 radical (unpaired) electrons. The lowest BCUT2D eigenvalue weighted by atomic mass is 10.1. The van der Waals surface area contributed by atoms with Gasteiger partial charge in [0.05, 0.1) is 5.69 Å². The first kappa shape index (κ1) is 30.6. The third-order valence-electron chi connectivity index (χ3n) is 6.31. The van der Waals surface area contributed by atoms with Gasteiger partial charge in [-0.15, -0.1) is 0 Å². The zero-order valence-corrected chi connectivity index (χ0v) is 24.4. The van der Waals surface area contributed by atoms with E-state index in [4.69, 9.17) is 11.6 Å². The molecule has 204 valence electrons. The monoisotopic (exact) mass is 550 g/mol. The average Bonchev–Trinajstić information content (AvgIpc) is 2.84. The number of nitrogens with one attached hydrogen (secondary N) is 1. The quantitative estimate of drug-likeness (QED) is 0.427. The highest BCUT2D eigenvalue weighted by Gasteiger charge is 2.34. The lowest BCUT2D eigenvalue weighted by Gasteiger charge is -2.34. The van der Waals surface area contributed by atoms with Gasteiger partial charge in [-0.2, -0.15) is 12.7 Å². The predicted molar refractivity (Wildman–Crippen MR) is 150 cm³/mol. The van der Waals surface area contributed by atoms with Crippen molar-refractivity contribution in [2.24, 2.45) is 0 Å². The Bertz CT molecular complexity index is 1190. The highest BCUT2D eigenvalue weighted by atomic mass is 35.5. The summed E-state index contributed by atoms with van der Waals surface area (Å²) in [5, 5.41) is 3.52. The van der Waals surface area contributed by atoms with Gasteiger partial charge in [-0.05, 0) is 68.5 Å². The molecule has 2 aromatic rings. The van der Waals surface area contributed by atoms with Gasteiger partial charge < -0.3 is 10.2 Å². The van der Waals surface area contributed by atoms with Gasteiger partial charge in [-0.25, -0.2) is 4.31 Å². The molecule has 0 unspecified atom stereocenters. The Kier molecular flexibility index (Phi) is 11.0. The van der Waals surface area contributed by atoms with E-state index in [1.165, 1.54) is 19.0 Å². The summed E-state index contributed by atoms with van der Waals surface area (Å²) in [6, 6.07) is 11.7. The summed E-state index contributed by atoms with van der Waals surface area (Å²) >= 11 is 6.05. The minimum atomic E-state index is -4.01. The van der Waals surface area contributed by atoms with Crippen molar-refractivity contribution in [1.82, 2.24) is 14.5 Å². The van der Waals surface area contributed by atoms with E-state index in [0.717, 1.165) is 31.7 Å². The maximum atomic E-state index is 13.9. The summed E-state index contributed by atoms with van der Waals surface area (Å²) in [5.74, 6) is -0.750. The zero-order chi connectivity index (χ0) is 27.9. The molecule has 37 heavy (non-hydrogen) atoms. The molecule has 0 aromatic heterocycles. The van der Waals surface area contributed by atoms with Gasteiger partial charge >= 0.3 is 10.2 Å². The number of aryl methyl sites for hydroxylation is 2. The molecule has 0 aliphatic heterocycles. The van der Waals surface area contributed by atoms with E-state index in [0.29, 0.717) is 17.1 Å².